The van der Waals surface area contributed by atoms with E-state index in [1.165, 1.54) is 27.8 Å². The van der Waals surface area contributed by atoms with E-state index in [1.807, 2.05) is 63.2 Å². The molecule has 3 amide bonds. The molecule has 4 aromatic carbocycles. The molecule has 3 heterocycles. The van der Waals surface area contributed by atoms with Crippen molar-refractivity contribution in [2.75, 3.05) is 105 Å². The van der Waals surface area contributed by atoms with Crippen molar-refractivity contribution < 1.29 is 19.1 Å². The molecule has 10 nitrogen and oxygen atoms in total. The minimum absolute atomic E-state index is 0.110. The Kier molecular flexibility index (Phi) is 22.9. The summed E-state index contributed by atoms with van der Waals surface area (Å²) in [6.07, 6.45) is 0. The van der Waals surface area contributed by atoms with Crippen LogP contribution in [-0.2, 0) is 32.9 Å². The summed E-state index contributed by atoms with van der Waals surface area (Å²) in [7, 11) is 2.10. The second kappa shape index (κ2) is 27.6. The van der Waals surface area contributed by atoms with Gasteiger partial charge in [0.05, 0.1) is 13.2 Å². The fourth-order valence-corrected chi connectivity index (χ4v) is 8.74. The van der Waals surface area contributed by atoms with E-state index >= 15 is 0 Å². The normalized spacial score (nSPS) is 16.1. The lowest BCUT2D eigenvalue weighted by Crippen LogP contribution is -2.48. The Balaban J connectivity index is 0.000000212. The van der Waals surface area contributed by atoms with Crippen molar-refractivity contribution in [3.8, 4) is 0 Å². The maximum Gasteiger partial charge on any atom is 0.254 e. The molecule has 3 saturated heterocycles. The molecule has 73 heavy (non-hydrogen) atoms. The van der Waals surface area contributed by atoms with Gasteiger partial charge in [0.25, 0.3) is 17.7 Å². The fraction of sp³-hybridized carbons (Fsp3) is 0.571. The highest BCUT2D eigenvalue weighted by molar-refractivity contribution is 5.95. The highest BCUT2D eigenvalue weighted by atomic mass is 16.5. The van der Waals surface area contributed by atoms with Gasteiger partial charge in [-0.15, -0.1) is 0 Å². The van der Waals surface area contributed by atoms with E-state index in [1.54, 1.807) is 0 Å². The van der Waals surface area contributed by atoms with E-state index in [0.717, 1.165) is 95.2 Å². The number of amides is 3. The summed E-state index contributed by atoms with van der Waals surface area (Å²) in [5.74, 6) is 0.438. The van der Waals surface area contributed by atoms with Crippen LogP contribution < -0.4 is 0 Å². The van der Waals surface area contributed by atoms with Crippen LogP contribution in [0.25, 0.3) is 0 Å². The van der Waals surface area contributed by atoms with Gasteiger partial charge in [-0.3, -0.25) is 19.3 Å². The van der Waals surface area contributed by atoms with Crippen molar-refractivity contribution in [2.45, 2.75) is 132 Å². The number of morpholine rings is 1. The van der Waals surface area contributed by atoms with Crippen molar-refractivity contribution in [3.05, 3.63) is 142 Å². The first-order valence-electron chi connectivity index (χ1n) is 27.2. The molecule has 7 rings (SSSR count). The molecule has 0 unspecified atom stereocenters. The maximum atomic E-state index is 12.5. The number of nitrogens with zero attached hydrogens (tertiary/aromatic N) is 6. The van der Waals surface area contributed by atoms with Gasteiger partial charge in [0.15, 0.2) is 0 Å². The van der Waals surface area contributed by atoms with Gasteiger partial charge >= 0.3 is 0 Å². The molecule has 0 aliphatic carbocycles. The first-order valence-corrected chi connectivity index (χ1v) is 27.2. The second-order valence-electron chi connectivity index (χ2n) is 24.1. The molecule has 402 valence electrons. The number of piperazine rings is 2. The zero-order chi connectivity index (χ0) is 54.1. The first-order chi connectivity index (χ1) is 34.2. The molecule has 0 atom stereocenters. The Morgan fingerprint density at radius 2 is 0.712 bits per heavy atom. The molecule has 0 aromatic heterocycles. The van der Waals surface area contributed by atoms with Crippen LogP contribution in [0.1, 0.15) is 163 Å². The number of hydrogen-bond acceptors (Lipinski definition) is 7. The number of carbonyl (C=O) groups is 3. The SMILES string of the molecule is CC(C)(C)c1ccc(C(=O)N2CCOCC2)cc1.CCN(CC)Cc1ccc(C(C)(C)C)cc1.CCN1CCN(C(=O)c2ccc(C(C)(C)C)cc2)CC1.CN1CCN(C(=O)c2ccc(C(C)(C)C)cc2)CC1. The molecule has 3 fully saturated rings. The Bertz CT molecular complexity index is 2260. The number of rotatable bonds is 8. The summed E-state index contributed by atoms with van der Waals surface area (Å²) in [5.41, 5.74) is 9.64. The quantitative estimate of drug-likeness (QED) is 0.174. The van der Waals surface area contributed by atoms with Gasteiger partial charge in [-0.2, -0.15) is 0 Å². The van der Waals surface area contributed by atoms with Crippen LogP contribution in [0, 0.1) is 0 Å². The number of ether oxygens (including phenoxy) is 1. The molecular weight excluding hydrogens is 905 g/mol. The highest BCUT2D eigenvalue weighted by Gasteiger charge is 2.24. The first kappa shape index (κ1) is 60.7. The molecule has 0 saturated carbocycles. The average Bonchev–Trinajstić information content (AvgIpc) is 3.37. The van der Waals surface area contributed by atoms with Crippen LogP contribution in [0.3, 0.4) is 0 Å². The molecule has 0 N–H and O–H groups in total. The summed E-state index contributed by atoms with van der Waals surface area (Å²) >= 11 is 0. The van der Waals surface area contributed by atoms with Crippen LogP contribution in [0.4, 0.5) is 0 Å². The van der Waals surface area contributed by atoms with E-state index in [4.69, 9.17) is 4.74 Å². The van der Waals surface area contributed by atoms with E-state index in [-0.39, 0.29) is 39.4 Å². The van der Waals surface area contributed by atoms with Gasteiger partial charge in [0.1, 0.15) is 0 Å². The van der Waals surface area contributed by atoms with Crippen LogP contribution in [0.5, 0.6) is 0 Å². The summed E-state index contributed by atoms with van der Waals surface area (Å²) in [4.78, 5) is 49.9. The molecule has 0 radical (unpaired) electrons. The van der Waals surface area contributed by atoms with Crippen molar-refractivity contribution in [3.63, 3.8) is 0 Å². The lowest BCUT2D eigenvalue weighted by Gasteiger charge is -2.34. The van der Waals surface area contributed by atoms with Crippen LogP contribution in [0.15, 0.2) is 97.1 Å². The van der Waals surface area contributed by atoms with Crippen LogP contribution in [-0.4, -0.2) is 152 Å². The molecule has 10 heteroatoms. The smallest absolute Gasteiger partial charge is 0.254 e. The number of benzene rings is 4. The minimum Gasteiger partial charge on any atom is -0.378 e. The standard InChI is InChI=1S/C17H26N2O.C16H24N2O.C15H21NO2.C15H25N/c1-5-18-10-12-19(13-11-18)16(20)14-6-8-15(9-7-14)17(2,3)4;1-16(2,3)14-7-5-13(6-8-14)15(19)18-11-9-17(4)10-12-18;1-15(2,3)13-6-4-12(5-7-13)14(17)16-8-10-18-11-9-16;1-6-16(7-2)12-13-8-10-14(11-9-13)15(3,4)5/h6-9H,5,10-13H2,1-4H3;5-8H,9-12H2,1-4H3;4-7H,8-11H2,1-3H3;8-11H,6-7,12H2,1-5H3. The average molecular weight is 1000 g/mol. The highest BCUT2D eigenvalue weighted by Crippen LogP contribution is 2.26. The summed E-state index contributed by atoms with van der Waals surface area (Å²) in [6, 6.07) is 33.2. The number of hydrogen-bond donors (Lipinski definition) is 0. The number of carbonyl (C=O) groups excluding carboxylic acids is 3. The van der Waals surface area contributed by atoms with E-state index in [9.17, 15) is 14.4 Å². The summed E-state index contributed by atoms with van der Waals surface area (Å²) < 4.78 is 5.26. The van der Waals surface area contributed by atoms with E-state index < -0.39 is 0 Å². The maximum absolute atomic E-state index is 12.5. The minimum atomic E-state index is 0.110. The number of likely N-dealkylation sites (N-methyl/N-ethyl adjacent to an activating group) is 2. The lowest BCUT2D eigenvalue weighted by atomic mass is 9.86. The van der Waals surface area contributed by atoms with Crippen LogP contribution >= 0.6 is 0 Å². The van der Waals surface area contributed by atoms with Gasteiger partial charge in [-0.25, -0.2) is 0 Å². The Morgan fingerprint density at radius 3 is 1.00 bits per heavy atom. The van der Waals surface area contributed by atoms with Gasteiger partial charge in [-0.1, -0.05) is 165 Å². The van der Waals surface area contributed by atoms with Crippen molar-refractivity contribution >= 4 is 17.7 Å². The van der Waals surface area contributed by atoms with E-state index in [0.29, 0.717) is 26.3 Å². The fourth-order valence-electron chi connectivity index (χ4n) is 8.74. The predicted octanol–water partition coefficient (Wildman–Crippen LogP) is 11.4. The van der Waals surface area contributed by atoms with Crippen molar-refractivity contribution in [2.24, 2.45) is 0 Å². The topological polar surface area (TPSA) is 79.9 Å². The van der Waals surface area contributed by atoms with Crippen LogP contribution in [0.2, 0.25) is 0 Å². The molecule has 0 spiro atoms. The van der Waals surface area contributed by atoms with Gasteiger partial charge < -0.3 is 29.2 Å². The largest absolute Gasteiger partial charge is 0.378 e. The van der Waals surface area contributed by atoms with E-state index in [2.05, 4.69) is 174 Å². The molecule has 3 aliphatic rings. The van der Waals surface area contributed by atoms with Gasteiger partial charge in [0.2, 0.25) is 0 Å². The van der Waals surface area contributed by atoms with Gasteiger partial charge in [-0.05, 0) is 113 Å². The van der Waals surface area contributed by atoms with Crippen molar-refractivity contribution in [1.82, 2.24) is 29.4 Å². The Labute approximate surface area is 443 Å². The molecule has 4 aromatic rings. The summed E-state index contributed by atoms with van der Waals surface area (Å²) in [5, 5.41) is 0. The second-order valence-corrected chi connectivity index (χ2v) is 24.1. The Morgan fingerprint density at radius 1 is 0.425 bits per heavy atom. The summed E-state index contributed by atoms with van der Waals surface area (Å²) in [6.45, 7) is 47.3. The monoisotopic (exact) mass is 1000 g/mol. The lowest BCUT2D eigenvalue weighted by molar-refractivity contribution is 0.0303. The molecular formula is C63H96N6O4. The zero-order valence-electron chi connectivity index (χ0n) is 48.4. The third kappa shape index (κ3) is 19.4. The molecule has 0 bridgehead atoms. The molecule has 3 aliphatic heterocycles. The third-order valence-electron chi connectivity index (χ3n) is 14.3. The Hall–Kier alpha value is -4.87. The van der Waals surface area contributed by atoms with Gasteiger partial charge in [0, 0.05) is 88.7 Å². The third-order valence-corrected chi connectivity index (χ3v) is 14.3. The zero-order valence-corrected chi connectivity index (χ0v) is 48.4. The predicted molar refractivity (Wildman–Crippen MR) is 305 cm³/mol. The van der Waals surface area contributed by atoms with Crippen molar-refractivity contribution in [1.29, 1.82) is 0 Å².